The van der Waals surface area contributed by atoms with Gasteiger partial charge in [0.15, 0.2) is 11.5 Å². The predicted molar refractivity (Wildman–Crippen MR) is 91.4 cm³/mol. The molecule has 25 heavy (non-hydrogen) atoms. The number of hydrogen-bond acceptors (Lipinski definition) is 5. The zero-order chi connectivity index (χ0) is 18.4. The fourth-order valence-electron chi connectivity index (χ4n) is 2.11. The van der Waals surface area contributed by atoms with E-state index in [0.29, 0.717) is 11.5 Å². The van der Waals surface area contributed by atoms with Gasteiger partial charge in [-0.25, -0.2) is 4.98 Å². The molecule has 0 atom stereocenters. The van der Waals surface area contributed by atoms with Crippen LogP contribution < -0.4 is 14.8 Å². The van der Waals surface area contributed by atoms with E-state index in [9.17, 15) is 13.6 Å². The summed E-state index contributed by atoms with van der Waals surface area (Å²) in [4.78, 5) is 16.5. The summed E-state index contributed by atoms with van der Waals surface area (Å²) >= 11 is 1.54. The molecule has 0 unspecified atom stereocenters. The van der Waals surface area contributed by atoms with Crippen molar-refractivity contribution in [2.45, 2.75) is 39.3 Å². The van der Waals surface area contributed by atoms with Crippen molar-refractivity contribution in [3.05, 3.63) is 39.8 Å². The lowest BCUT2D eigenvalue weighted by molar-refractivity contribution is -0.120. The van der Waals surface area contributed by atoms with Gasteiger partial charge in [-0.2, -0.15) is 8.78 Å². The summed E-state index contributed by atoms with van der Waals surface area (Å²) in [5, 5.41) is 5.66. The average molecular weight is 370 g/mol. The van der Waals surface area contributed by atoms with Gasteiger partial charge in [0.1, 0.15) is 0 Å². The first-order chi connectivity index (χ1) is 11.9. The number of thiazole rings is 1. The van der Waals surface area contributed by atoms with E-state index >= 15 is 0 Å². The Balaban J connectivity index is 1.92. The van der Waals surface area contributed by atoms with Crippen molar-refractivity contribution in [2.75, 3.05) is 7.11 Å². The molecule has 1 heterocycles. The quantitative estimate of drug-likeness (QED) is 0.769. The van der Waals surface area contributed by atoms with E-state index in [0.717, 1.165) is 10.7 Å². The molecule has 136 valence electrons. The van der Waals surface area contributed by atoms with Gasteiger partial charge >= 0.3 is 6.61 Å². The molecule has 8 heteroatoms. The second kappa shape index (κ2) is 8.75. The van der Waals surface area contributed by atoms with Gasteiger partial charge in [0, 0.05) is 17.8 Å². The molecule has 0 bridgehead atoms. The maximum atomic E-state index is 12.3. The first kappa shape index (κ1) is 19.1. The number of aromatic nitrogens is 1. The molecule has 0 aliphatic heterocycles. The maximum Gasteiger partial charge on any atom is 0.387 e. The van der Waals surface area contributed by atoms with Crippen molar-refractivity contribution in [3.8, 4) is 11.5 Å². The number of carbonyl (C=O) groups is 1. The molecular formula is C17H20F2N2O3S. The molecule has 0 saturated carbocycles. The lowest BCUT2D eigenvalue weighted by Crippen LogP contribution is -2.24. The lowest BCUT2D eigenvalue weighted by atomic mass is 10.2. The Morgan fingerprint density at radius 1 is 1.32 bits per heavy atom. The standard InChI is InChI=1S/C17H20F2N2O3S/c1-10(2)16-21-12(9-25-16)7-15(22)20-8-11-4-5-13(24-17(18)19)14(6-11)23-3/h4-6,9-10,17H,7-8H2,1-3H3,(H,20,22). The average Bonchev–Trinajstić information content (AvgIpc) is 3.02. The van der Waals surface area contributed by atoms with Gasteiger partial charge in [0.05, 0.1) is 24.2 Å². The Morgan fingerprint density at radius 3 is 2.68 bits per heavy atom. The molecule has 1 amide bonds. The van der Waals surface area contributed by atoms with Crippen molar-refractivity contribution in [1.29, 1.82) is 0 Å². The van der Waals surface area contributed by atoms with Crippen LogP contribution in [-0.4, -0.2) is 24.6 Å². The first-order valence-corrected chi connectivity index (χ1v) is 8.59. The molecule has 5 nitrogen and oxygen atoms in total. The number of ether oxygens (including phenoxy) is 2. The highest BCUT2D eigenvalue weighted by Gasteiger charge is 2.12. The number of nitrogens with one attached hydrogen (secondary N) is 1. The van der Waals surface area contributed by atoms with E-state index in [1.165, 1.54) is 13.2 Å². The van der Waals surface area contributed by atoms with Gasteiger partial charge in [-0.15, -0.1) is 11.3 Å². The third kappa shape index (κ3) is 5.67. The van der Waals surface area contributed by atoms with Crippen LogP contribution in [0.1, 0.15) is 36.0 Å². The van der Waals surface area contributed by atoms with Gasteiger partial charge in [-0.05, 0) is 17.7 Å². The highest BCUT2D eigenvalue weighted by atomic mass is 32.1. The minimum Gasteiger partial charge on any atom is -0.493 e. The topological polar surface area (TPSA) is 60.5 Å². The summed E-state index contributed by atoms with van der Waals surface area (Å²) in [5.74, 6) is 0.320. The molecule has 2 aromatic rings. The van der Waals surface area contributed by atoms with Crippen molar-refractivity contribution < 1.29 is 23.0 Å². The van der Waals surface area contributed by atoms with Crippen LogP contribution >= 0.6 is 11.3 Å². The van der Waals surface area contributed by atoms with Crippen LogP contribution in [0.2, 0.25) is 0 Å². The number of rotatable bonds is 8. The van der Waals surface area contributed by atoms with Gasteiger partial charge in [-0.3, -0.25) is 4.79 Å². The zero-order valence-corrected chi connectivity index (χ0v) is 15.0. The molecule has 0 spiro atoms. The molecule has 2 rings (SSSR count). The molecular weight excluding hydrogens is 350 g/mol. The normalized spacial score (nSPS) is 11.0. The fourth-order valence-corrected chi connectivity index (χ4v) is 2.95. The second-order valence-corrected chi connectivity index (χ2v) is 6.54. The van der Waals surface area contributed by atoms with Crippen molar-refractivity contribution in [2.24, 2.45) is 0 Å². The minimum absolute atomic E-state index is 0.0451. The number of halogens is 2. The number of methoxy groups -OCH3 is 1. The predicted octanol–water partition coefficient (Wildman–Crippen LogP) is 3.74. The van der Waals surface area contributed by atoms with Gasteiger partial charge in [0.25, 0.3) is 0 Å². The Morgan fingerprint density at radius 2 is 2.08 bits per heavy atom. The fraction of sp³-hybridized carbons (Fsp3) is 0.412. The van der Waals surface area contributed by atoms with E-state index < -0.39 is 6.61 Å². The molecule has 1 N–H and O–H groups in total. The Bertz CT molecular complexity index is 720. The molecule has 0 saturated heterocycles. The number of benzene rings is 1. The van der Waals surface area contributed by atoms with Gasteiger partial charge < -0.3 is 14.8 Å². The minimum atomic E-state index is -2.92. The van der Waals surface area contributed by atoms with Crippen LogP contribution in [0.15, 0.2) is 23.6 Å². The summed E-state index contributed by atoms with van der Waals surface area (Å²) in [6, 6.07) is 4.54. The number of carbonyl (C=O) groups excluding carboxylic acids is 1. The third-order valence-electron chi connectivity index (χ3n) is 3.34. The number of hydrogen-bond donors (Lipinski definition) is 1. The number of amides is 1. The highest BCUT2D eigenvalue weighted by Crippen LogP contribution is 2.29. The van der Waals surface area contributed by atoms with Crippen LogP contribution in [0.3, 0.4) is 0 Å². The van der Waals surface area contributed by atoms with E-state index in [-0.39, 0.29) is 30.4 Å². The van der Waals surface area contributed by atoms with E-state index in [2.05, 4.69) is 28.9 Å². The molecule has 0 fully saturated rings. The van der Waals surface area contributed by atoms with Crippen LogP contribution in [0.5, 0.6) is 11.5 Å². The van der Waals surface area contributed by atoms with Crippen LogP contribution in [0.25, 0.3) is 0 Å². The van der Waals surface area contributed by atoms with Crippen molar-refractivity contribution in [3.63, 3.8) is 0 Å². The van der Waals surface area contributed by atoms with Crippen molar-refractivity contribution >= 4 is 17.2 Å². The van der Waals surface area contributed by atoms with Crippen LogP contribution in [-0.2, 0) is 17.8 Å². The highest BCUT2D eigenvalue weighted by molar-refractivity contribution is 7.09. The molecule has 0 aliphatic carbocycles. The largest absolute Gasteiger partial charge is 0.493 e. The summed E-state index contributed by atoms with van der Waals surface area (Å²) in [7, 11) is 1.37. The Hall–Kier alpha value is -2.22. The molecule has 0 aliphatic rings. The van der Waals surface area contributed by atoms with Crippen LogP contribution in [0, 0.1) is 0 Å². The first-order valence-electron chi connectivity index (χ1n) is 7.71. The van der Waals surface area contributed by atoms with E-state index in [4.69, 9.17) is 4.74 Å². The Kier molecular flexibility index (Phi) is 6.69. The monoisotopic (exact) mass is 370 g/mol. The van der Waals surface area contributed by atoms with Crippen molar-refractivity contribution in [1.82, 2.24) is 10.3 Å². The SMILES string of the molecule is COc1cc(CNC(=O)Cc2csc(C(C)C)n2)ccc1OC(F)F. The smallest absolute Gasteiger partial charge is 0.387 e. The van der Waals surface area contributed by atoms with E-state index in [1.54, 1.807) is 23.5 Å². The number of alkyl halides is 2. The molecule has 0 radical (unpaired) electrons. The molecule has 1 aromatic carbocycles. The summed E-state index contributed by atoms with van der Waals surface area (Å²) in [5.41, 5.74) is 1.46. The van der Waals surface area contributed by atoms with Gasteiger partial charge in [0.2, 0.25) is 5.91 Å². The lowest BCUT2D eigenvalue weighted by Gasteiger charge is -2.11. The number of nitrogens with zero attached hydrogens (tertiary/aromatic N) is 1. The zero-order valence-electron chi connectivity index (χ0n) is 14.2. The van der Waals surface area contributed by atoms with E-state index in [1.807, 2.05) is 5.38 Å². The second-order valence-electron chi connectivity index (χ2n) is 5.65. The Labute approximate surface area is 149 Å². The summed E-state index contributed by atoms with van der Waals surface area (Å²) < 4.78 is 34.0. The summed E-state index contributed by atoms with van der Waals surface area (Å²) in [6.07, 6.45) is 0.201. The third-order valence-corrected chi connectivity index (χ3v) is 4.53. The maximum absolute atomic E-state index is 12.3. The summed E-state index contributed by atoms with van der Waals surface area (Å²) in [6.45, 7) is 1.44. The molecule has 1 aromatic heterocycles. The van der Waals surface area contributed by atoms with Gasteiger partial charge in [-0.1, -0.05) is 19.9 Å². The van der Waals surface area contributed by atoms with Crippen LogP contribution in [0.4, 0.5) is 8.78 Å².